The van der Waals surface area contributed by atoms with Crippen molar-refractivity contribution in [3.63, 3.8) is 0 Å². The average molecular weight is 198 g/mol. The lowest BCUT2D eigenvalue weighted by Crippen LogP contribution is -2.14. The SMILES string of the molecule is NC(=O)[C@H]1C[C@@H]1c1nccc(Cl)n1. The molecular weight excluding hydrogens is 190 g/mol. The van der Waals surface area contributed by atoms with Crippen molar-refractivity contribution in [3.8, 4) is 0 Å². The van der Waals surface area contributed by atoms with E-state index >= 15 is 0 Å². The molecule has 1 fully saturated rings. The Labute approximate surface area is 80.1 Å². The van der Waals surface area contributed by atoms with Gasteiger partial charge in [0, 0.05) is 18.0 Å². The van der Waals surface area contributed by atoms with Gasteiger partial charge in [-0.2, -0.15) is 0 Å². The smallest absolute Gasteiger partial charge is 0.221 e. The first-order chi connectivity index (χ1) is 6.18. The van der Waals surface area contributed by atoms with Crippen LogP contribution in [0.2, 0.25) is 5.15 Å². The van der Waals surface area contributed by atoms with Crippen LogP contribution in [0.3, 0.4) is 0 Å². The Hall–Kier alpha value is -1.16. The number of aromatic nitrogens is 2. The lowest BCUT2D eigenvalue weighted by Gasteiger charge is -1.96. The van der Waals surface area contributed by atoms with E-state index in [9.17, 15) is 4.79 Å². The summed E-state index contributed by atoms with van der Waals surface area (Å²) in [6.45, 7) is 0. The Morgan fingerprint density at radius 3 is 3.00 bits per heavy atom. The maximum Gasteiger partial charge on any atom is 0.221 e. The van der Waals surface area contributed by atoms with Gasteiger partial charge in [-0.1, -0.05) is 11.6 Å². The summed E-state index contributed by atoms with van der Waals surface area (Å²) < 4.78 is 0. The second kappa shape index (κ2) is 2.96. The molecule has 2 N–H and O–H groups in total. The van der Waals surface area contributed by atoms with Gasteiger partial charge in [-0.25, -0.2) is 9.97 Å². The predicted octanol–water partition coefficient (Wildman–Crippen LogP) is 0.719. The molecule has 68 valence electrons. The summed E-state index contributed by atoms with van der Waals surface area (Å²) in [6.07, 6.45) is 2.33. The summed E-state index contributed by atoms with van der Waals surface area (Å²) in [6, 6.07) is 1.60. The van der Waals surface area contributed by atoms with Crippen LogP contribution >= 0.6 is 11.6 Å². The first kappa shape index (κ1) is 8.44. The van der Waals surface area contributed by atoms with Crippen molar-refractivity contribution in [3.05, 3.63) is 23.2 Å². The van der Waals surface area contributed by atoms with Gasteiger partial charge in [0.1, 0.15) is 11.0 Å². The number of hydrogen-bond donors (Lipinski definition) is 1. The molecule has 13 heavy (non-hydrogen) atoms. The standard InChI is InChI=1S/C8H8ClN3O/c9-6-1-2-11-8(12-6)5-3-4(5)7(10)13/h1-2,4-5H,3H2,(H2,10,13)/t4-,5-/m0/s1. The van der Waals surface area contributed by atoms with Gasteiger partial charge in [-0.3, -0.25) is 4.79 Å². The highest BCUT2D eigenvalue weighted by Gasteiger charge is 2.44. The zero-order chi connectivity index (χ0) is 9.42. The average Bonchev–Trinajstić information content (AvgIpc) is 2.82. The fraction of sp³-hybridized carbons (Fsp3) is 0.375. The van der Waals surface area contributed by atoms with Crippen LogP contribution in [-0.2, 0) is 4.79 Å². The fourth-order valence-electron chi connectivity index (χ4n) is 1.32. The number of hydrogen-bond acceptors (Lipinski definition) is 3. The number of nitrogens with two attached hydrogens (primary N) is 1. The molecule has 1 saturated carbocycles. The van der Waals surface area contributed by atoms with Crippen LogP contribution in [0.4, 0.5) is 0 Å². The Bertz CT molecular complexity index is 355. The molecule has 1 aliphatic rings. The van der Waals surface area contributed by atoms with E-state index in [4.69, 9.17) is 17.3 Å². The van der Waals surface area contributed by atoms with Crippen LogP contribution in [0.25, 0.3) is 0 Å². The van der Waals surface area contributed by atoms with Crippen LogP contribution in [0.1, 0.15) is 18.2 Å². The van der Waals surface area contributed by atoms with E-state index in [1.165, 1.54) is 0 Å². The minimum Gasteiger partial charge on any atom is -0.369 e. The molecular formula is C8H8ClN3O. The summed E-state index contributed by atoms with van der Waals surface area (Å²) >= 11 is 5.68. The topological polar surface area (TPSA) is 68.9 Å². The quantitative estimate of drug-likeness (QED) is 0.711. The maximum absolute atomic E-state index is 10.8. The van der Waals surface area contributed by atoms with Crippen molar-refractivity contribution in [2.75, 3.05) is 0 Å². The van der Waals surface area contributed by atoms with Crippen LogP contribution in [-0.4, -0.2) is 15.9 Å². The highest BCUT2D eigenvalue weighted by molar-refractivity contribution is 6.29. The minimum atomic E-state index is -0.284. The van der Waals surface area contributed by atoms with E-state index in [0.717, 1.165) is 6.42 Å². The highest BCUT2D eigenvalue weighted by Crippen LogP contribution is 2.45. The van der Waals surface area contributed by atoms with Gasteiger partial charge >= 0.3 is 0 Å². The largest absolute Gasteiger partial charge is 0.369 e. The number of primary amides is 1. The van der Waals surface area contributed by atoms with Crippen molar-refractivity contribution in [1.82, 2.24) is 9.97 Å². The number of halogens is 1. The van der Waals surface area contributed by atoms with E-state index in [1.54, 1.807) is 12.3 Å². The second-order valence-electron chi connectivity index (χ2n) is 3.09. The Balaban J connectivity index is 2.16. The first-order valence-corrected chi connectivity index (χ1v) is 4.34. The number of carbonyl (C=O) groups is 1. The van der Waals surface area contributed by atoms with Gasteiger partial charge < -0.3 is 5.73 Å². The molecule has 1 aromatic heterocycles. The fourth-order valence-corrected chi connectivity index (χ4v) is 1.47. The van der Waals surface area contributed by atoms with Crippen LogP contribution in [0, 0.1) is 5.92 Å². The molecule has 0 saturated heterocycles. The molecule has 0 bridgehead atoms. The van der Waals surface area contributed by atoms with Crippen molar-refractivity contribution >= 4 is 17.5 Å². The summed E-state index contributed by atoms with van der Waals surface area (Å²) in [5, 5.41) is 0.403. The Morgan fingerprint density at radius 1 is 1.69 bits per heavy atom. The molecule has 1 heterocycles. The monoisotopic (exact) mass is 197 g/mol. The third-order valence-corrected chi connectivity index (χ3v) is 2.34. The number of amides is 1. The summed E-state index contributed by atoms with van der Waals surface area (Å²) in [4.78, 5) is 18.8. The molecule has 5 heteroatoms. The molecule has 1 aromatic rings. The van der Waals surface area contributed by atoms with Crippen LogP contribution < -0.4 is 5.73 Å². The third kappa shape index (κ3) is 1.62. The van der Waals surface area contributed by atoms with Crippen LogP contribution in [0.5, 0.6) is 0 Å². The van der Waals surface area contributed by atoms with E-state index in [2.05, 4.69) is 9.97 Å². The van der Waals surface area contributed by atoms with E-state index in [1.807, 2.05) is 0 Å². The molecule has 0 aromatic carbocycles. The highest BCUT2D eigenvalue weighted by atomic mass is 35.5. The molecule has 1 amide bonds. The third-order valence-electron chi connectivity index (χ3n) is 2.13. The lowest BCUT2D eigenvalue weighted by molar-refractivity contribution is -0.119. The van der Waals surface area contributed by atoms with Gasteiger partial charge in [-0.15, -0.1) is 0 Å². The van der Waals surface area contributed by atoms with Crippen molar-refractivity contribution < 1.29 is 4.79 Å². The van der Waals surface area contributed by atoms with E-state index < -0.39 is 0 Å². The van der Waals surface area contributed by atoms with Gasteiger partial charge in [0.15, 0.2) is 0 Å². The predicted molar refractivity (Wildman–Crippen MR) is 47.1 cm³/mol. The summed E-state index contributed by atoms with van der Waals surface area (Å²) in [7, 11) is 0. The first-order valence-electron chi connectivity index (χ1n) is 3.96. The van der Waals surface area contributed by atoms with Crippen molar-refractivity contribution in [2.24, 2.45) is 11.7 Å². The Kier molecular flexibility index (Phi) is 1.92. The van der Waals surface area contributed by atoms with Crippen molar-refractivity contribution in [2.45, 2.75) is 12.3 Å². The van der Waals surface area contributed by atoms with Crippen molar-refractivity contribution in [1.29, 1.82) is 0 Å². The summed E-state index contributed by atoms with van der Waals surface area (Å²) in [5.74, 6) is 0.319. The zero-order valence-electron chi connectivity index (χ0n) is 6.77. The lowest BCUT2D eigenvalue weighted by atomic mass is 10.3. The Morgan fingerprint density at radius 2 is 2.46 bits per heavy atom. The number of nitrogens with zero attached hydrogens (tertiary/aromatic N) is 2. The van der Waals surface area contributed by atoms with Crippen LogP contribution in [0.15, 0.2) is 12.3 Å². The zero-order valence-corrected chi connectivity index (χ0v) is 7.53. The van der Waals surface area contributed by atoms with Gasteiger partial charge in [0.25, 0.3) is 0 Å². The molecule has 2 atom stereocenters. The molecule has 0 radical (unpaired) electrons. The molecule has 4 nitrogen and oxygen atoms in total. The number of carbonyl (C=O) groups excluding carboxylic acids is 1. The van der Waals surface area contributed by atoms with E-state index in [-0.39, 0.29) is 17.7 Å². The van der Waals surface area contributed by atoms with Gasteiger partial charge in [-0.05, 0) is 12.5 Å². The minimum absolute atomic E-state index is 0.0798. The van der Waals surface area contributed by atoms with Gasteiger partial charge in [0.05, 0.1) is 0 Å². The molecule has 0 unspecified atom stereocenters. The van der Waals surface area contributed by atoms with Gasteiger partial charge in [0.2, 0.25) is 5.91 Å². The summed E-state index contributed by atoms with van der Waals surface area (Å²) in [5.41, 5.74) is 5.14. The number of rotatable bonds is 2. The molecule has 0 aliphatic heterocycles. The molecule has 2 rings (SSSR count). The second-order valence-corrected chi connectivity index (χ2v) is 3.48. The molecule has 0 spiro atoms. The maximum atomic E-state index is 10.8. The van der Waals surface area contributed by atoms with E-state index in [0.29, 0.717) is 11.0 Å². The molecule has 1 aliphatic carbocycles. The normalized spacial score (nSPS) is 25.6.